The number of esters is 1. The van der Waals surface area contributed by atoms with Gasteiger partial charge in [-0.1, -0.05) is 13.0 Å². The summed E-state index contributed by atoms with van der Waals surface area (Å²) in [5, 5.41) is 0. The number of fused-ring (bicyclic) bond motifs is 1. The fraction of sp³-hybridized carbons (Fsp3) is 0.417. The molecule has 0 N–H and O–H groups in total. The maximum absolute atomic E-state index is 11.2. The molecule has 0 fully saturated rings. The summed E-state index contributed by atoms with van der Waals surface area (Å²) in [5.41, 5.74) is 0.911. The van der Waals surface area contributed by atoms with Gasteiger partial charge in [0.15, 0.2) is 11.5 Å². The van der Waals surface area contributed by atoms with E-state index >= 15 is 0 Å². The van der Waals surface area contributed by atoms with Crippen LogP contribution in [0.2, 0.25) is 0 Å². The summed E-state index contributed by atoms with van der Waals surface area (Å²) in [5.74, 6) is 1.29. The zero-order valence-electron chi connectivity index (χ0n) is 9.19. The molecule has 0 aliphatic carbocycles. The minimum absolute atomic E-state index is 0.167. The zero-order valence-corrected chi connectivity index (χ0v) is 9.19. The van der Waals surface area contributed by atoms with Crippen molar-refractivity contribution in [3.05, 3.63) is 23.8 Å². The molecular weight excluding hydrogens is 208 g/mol. The summed E-state index contributed by atoms with van der Waals surface area (Å²) in [4.78, 5) is 11.2. The first-order chi connectivity index (χ1) is 7.79. The van der Waals surface area contributed by atoms with Crippen molar-refractivity contribution < 1.29 is 19.0 Å². The van der Waals surface area contributed by atoms with Gasteiger partial charge in [0.2, 0.25) is 6.79 Å². The normalized spacial score (nSPS) is 12.6. The van der Waals surface area contributed by atoms with Gasteiger partial charge in [-0.25, -0.2) is 0 Å². The number of hydrogen-bond donors (Lipinski definition) is 0. The van der Waals surface area contributed by atoms with Crippen LogP contribution in [0.5, 0.6) is 11.5 Å². The summed E-state index contributed by atoms with van der Waals surface area (Å²) in [7, 11) is 0. The fourth-order valence-electron chi connectivity index (χ4n) is 1.47. The number of hydrogen-bond acceptors (Lipinski definition) is 4. The van der Waals surface area contributed by atoms with Gasteiger partial charge in [0.25, 0.3) is 0 Å². The third-order valence-electron chi connectivity index (χ3n) is 2.29. The summed E-state index contributed by atoms with van der Waals surface area (Å²) in [6.07, 6.45) is 1.27. The molecule has 0 amide bonds. The maximum Gasteiger partial charge on any atom is 0.306 e. The van der Waals surface area contributed by atoms with Crippen LogP contribution in [0.25, 0.3) is 0 Å². The Morgan fingerprint density at radius 1 is 1.38 bits per heavy atom. The summed E-state index contributed by atoms with van der Waals surface area (Å²) < 4.78 is 15.5. The topological polar surface area (TPSA) is 44.8 Å². The Kier molecular flexibility index (Phi) is 3.29. The summed E-state index contributed by atoms with van der Waals surface area (Å²) >= 11 is 0. The van der Waals surface area contributed by atoms with Crippen LogP contribution in [0.4, 0.5) is 0 Å². The molecule has 0 bridgehead atoms. The van der Waals surface area contributed by atoms with Gasteiger partial charge in [0, 0.05) is 6.42 Å². The largest absolute Gasteiger partial charge is 0.461 e. The quantitative estimate of drug-likeness (QED) is 0.733. The van der Waals surface area contributed by atoms with Crippen molar-refractivity contribution in [2.24, 2.45) is 0 Å². The highest BCUT2D eigenvalue weighted by atomic mass is 16.7. The van der Waals surface area contributed by atoms with Crippen LogP contribution in [-0.2, 0) is 16.1 Å². The minimum atomic E-state index is -0.167. The minimum Gasteiger partial charge on any atom is -0.461 e. The molecule has 1 aliphatic rings. The molecule has 16 heavy (non-hydrogen) atoms. The molecule has 1 aromatic rings. The number of benzene rings is 1. The summed E-state index contributed by atoms with van der Waals surface area (Å²) in [6.45, 7) is 2.49. The van der Waals surface area contributed by atoms with Crippen molar-refractivity contribution in [3.63, 3.8) is 0 Å². The van der Waals surface area contributed by atoms with E-state index in [1.54, 1.807) is 0 Å². The van der Waals surface area contributed by atoms with E-state index in [1.807, 2.05) is 25.1 Å². The van der Waals surface area contributed by atoms with Crippen molar-refractivity contribution in [1.29, 1.82) is 0 Å². The molecule has 0 saturated heterocycles. The molecule has 0 unspecified atom stereocenters. The number of rotatable bonds is 4. The predicted octanol–water partition coefficient (Wildman–Crippen LogP) is 2.26. The molecule has 1 aliphatic heterocycles. The van der Waals surface area contributed by atoms with Crippen LogP contribution in [0.1, 0.15) is 25.3 Å². The lowest BCUT2D eigenvalue weighted by atomic mass is 10.2. The van der Waals surface area contributed by atoms with Crippen LogP contribution in [0, 0.1) is 0 Å². The third-order valence-corrected chi connectivity index (χ3v) is 2.29. The highest BCUT2D eigenvalue weighted by Gasteiger charge is 2.13. The summed E-state index contributed by atoms with van der Waals surface area (Å²) in [6, 6.07) is 5.53. The van der Waals surface area contributed by atoms with Crippen molar-refractivity contribution >= 4 is 5.97 Å². The second-order valence-electron chi connectivity index (χ2n) is 3.60. The Hall–Kier alpha value is -1.71. The first-order valence-corrected chi connectivity index (χ1v) is 5.33. The zero-order chi connectivity index (χ0) is 11.4. The number of carbonyl (C=O) groups is 1. The van der Waals surface area contributed by atoms with Crippen LogP contribution >= 0.6 is 0 Å². The number of carbonyl (C=O) groups excluding carboxylic acids is 1. The van der Waals surface area contributed by atoms with Gasteiger partial charge in [-0.15, -0.1) is 0 Å². The van der Waals surface area contributed by atoms with E-state index in [4.69, 9.17) is 14.2 Å². The molecule has 2 rings (SSSR count). The average molecular weight is 222 g/mol. The van der Waals surface area contributed by atoms with E-state index in [-0.39, 0.29) is 19.4 Å². The smallest absolute Gasteiger partial charge is 0.306 e. The van der Waals surface area contributed by atoms with Crippen molar-refractivity contribution in [2.75, 3.05) is 6.79 Å². The van der Waals surface area contributed by atoms with Crippen LogP contribution in [0.3, 0.4) is 0 Å². The molecule has 0 radical (unpaired) electrons. The fourth-order valence-corrected chi connectivity index (χ4v) is 1.47. The lowest BCUT2D eigenvalue weighted by Gasteiger charge is -2.04. The Morgan fingerprint density at radius 3 is 3.00 bits per heavy atom. The van der Waals surface area contributed by atoms with Gasteiger partial charge in [0.05, 0.1) is 0 Å². The molecule has 86 valence electrons. The second kappa shape index (κ2) is 4.88. The van der Waals surface area contributed by atoms with E-state index < -0.39 is 0 Å². The van der Waals surface area contributed by atoms with Crippen molar-refractivity contribution in [3.8, 4) is 11.5 Å². The van der Waals surface area contributed by atoms with Crippen LogP contribution < -0.4 is 9.47 Å². The Labute approximate surface area is 94.1 Å². The molecular formula is C12H14O4. The number of ether oxygens (including phenoxy) is 3. The van der Waals surface area contributed by atoms with E-state index in [2.05, 4.69) is 0 Å². The first kappa shape index (κ1) is 10.8. The Morgan fingerprint density at radius 2 is 2.19 bits per heavy atom. The Bertz CT molecular complexity index is 387. The first-order valence-electron chi connectivity index (χ1n) is 5.33. The monoisotopic (exact) mass is 222 g/mol. The van der Waals surface area contributed by atoms with Crippen LogP contribution in [-0.4, -0.2) is 12.8 Å². The van der Waals surface area contributed by atoms with Gasteiger partial charge < -0.3 is 14.2 Å². The van der Waals surface area contributed by atoms with E-state index in [0.29, 0.717) is 12.2 Å². The molecule has 4 nitrogen and oxygen atoms in total. The van der Waals surface area contributed by atoms with E-state index in [1.165, 1.54) is 0 Å². The van der Waals surface area contributed by atoms with Crippen molar-refractivity contribution in [2.45, 2.75) is 26.4 Å². The second-order valence-corrected chi connectivity index (χ2v) is 3.60. The van der Waals surface area contributed by atoms with Crippen molar-refractivity contribution in [1.82, 2.24) is 0 Å². The van der Waals surface area contributed by atoms with Gasteiger partial charge in [0.1, 0.15) is 6.61 Å². The van der Waals surface area contributed by atoms with Gasteiger partial charge in [-0.3, -0.25) is 4.79 Å². The lowest BCUT2D eigenvalue weighted by Crippen LogP contribution is -2.03. The molecule has 1 heterocycles. The highest BCUT2D eigenvalue weighted by Crippen LogP contribution is 2.32. The molecule has 0 spiro atoms. The molecule has 0 aromatic heterocycles. The van der Waals surface area contributed by atoms with Gasteiger partial charge in [-0.2, -0.15) is 0 Å². The van der Waals surface area contributed by atoms with Gasteiger partial charge in [-0.05, 0) is 24.1 Å². The van der Waals surface area contributed by atoms with Gasteiger partial charge >= 0.3 is 5.97 Å². The molecule has 0 saturated carbocycles. The average Bonchev–Trinajstić information content (AvgIpc) is 2.74. The molecule has 4 heteroatoms. The standard InChI is InChI=1S/C12H14O4/c1-2-3-12(13)14-7-9-4-5-10-11(6-9)16-8-15-10/h4-6H,2-3,7-8H2,1H3. The lowest BCUT2D eigenvalue weighted by molar-refractivity contribution is -0.144. The van der Waals surface area contributed by atoms with E-state index in [0.717, 1.165) is 17.7 Å². The van der Waals surface area contributed by atoms with Crippen LogP contribution in [0.15, 0.2) is 18.2 Å². The SMILES string of the molecule is CCCC(=O)OCc1ccc2c(c1)OCO2. The Balaban J connectivity index is 1.93. The maximum atomic E-state index is 11.2. The highest BCUT2D eigenvalue weighted by molar-refractivity contribution is 5.69. The molecule has 1 aromatic carbocycles. The third kappa shape index (κ3) is 2.45. The van der Waals surface area contributed by atoms with E-state index in [9.17, 15) is 4.79 Å². The predicted molar refractivity (Wildman–Crippen MR) is 57.3 cm³/mol. The molecule has 0 atom stereocenters.